The van der Waals surface area contributed by atoms with Crippen molar-refractivity contribution in [2.45, 2.75) is 26.2 Å². The van der Waals surface area contributed by atoms with Crippen LogP contribution in [0.3, 0.4) is 0 Å². The van der Waals surface area contributed by atoms with Crippen LogP contribution in [0.5, 0.6) is 0 Å². The molecule has 8 heteroatoms. The fourth-order valence-corrected chi connectivity index (χ4v) is 3.07. The number of hydrogen-bond acceptors (Lipinski definition) is 5. The zero-order valence-electron chi connectivity index (χ0n) is 13.0. The number of rotatable bonds is 2. The standard InChI is InChI=1S/C15H17N7O/c1-8-11-6-10(7-16-14(11)20-18-8)17-15(23)9-3-4-12-13(5-9)22(2)21-19-12/h6-7,9H,3-5H2,1-2H3,(H,17,23)(H,16,18,20). The van der Waals surface area contributed by atoms with Gasteiger partial charge in [0, 0.05) is 30.5 Å². The molecule has 3 heterocycles. The molecule has 0 saturated carbocycles. The van der Waals surface area contributed by atoms with Gasteiger partial charge in [-0.3, -0.25) is 14.6 Å². The van der Waals surface area contributed by atoms with Crippen LogP contribution in [0.1, 0.15) is 23.5 Å². The molecule has 0 fully saturated rings. The first-order valence-electron chi connectivity index (χ1n) is 7.61. The topological polar surface area (TPSA) is 101 Å². The maximum Gasteiger partial charge on any atom is 0.227 e. The van der Waals surface area contributed by atoms with Crippen molar-refractivity contribution >= 4 is 22.6 Å². The largest absolute Gasteiger partial charge is 0.324 e. The Bertz CT molecular complexity index is 895. The number of aryl methyl sites for hydroxylation is 3. The van der Waals surface area contributed by atoms with E-state index in [0.717, 1.165) is 35.3 Å². The third-order valence-electron chi connectivity index (χ3n) is 4.43. The summed E-state index contributed by atoms with van der Waals surface area (Å²) >= 11 is 0. The number of fused-ring (bicyclic) bond motifs is 2. The SMILES string of the molecule is Cc1[nH]nc2ncc(NC(=O)C3CCc4nnn(C)c4C3)cc12. The molecule has 1 aliphatic carbocycles. The van der Waals surface area contributed by atoms with Crippen molar-refractivity contribution in [2.75, 3.05) is 5.32 Å². The Kier molecular flexibility index (Phi) is 3.10. The zero-order chi connectivity index (χ0) is 16.0. The van der Waals surface area contributed by atoms with E-state index in [0.29, 0.717) is 17.8 Å². The van der Waals surface area contributed by atoms with Gasteiger partial charge in [-0.1, -0.05) is 5.21 Å². The second kappa shape index (κ2) is 5.15. The quantitative estimate of drug-likeness (QED) is 0.739. The summed E-state index contributed by atoms with van der Waals surface area (Å²) in [6.45, 7) is 1.93. The van der Waals surface area contributed by atoms with Crippen LogP contribution in [0.4, 0.5) is 5.69 Å². The van der Waals surface area contributed by atoms with Crippen molar-refractivity contribution in [2.24, 2.45) is 13.0 Å². The molecule has 3 aromatic heterocycles. The Labute approximate surface area is 132 Å². The molecule has 0 radical (unpaired) electrons. The zero-order valence-corrected chi connectivity index (χ0v) is 13.0. The number of nitrogens with one attached hydrogen (secondary N) is 2. The summed E-state index contributed by atoms with van der Waals surface area (Å²) in [5.41, 5.74) is 4.35. The molecule has 2 N–H and O–H groups in total. The highest BCUT2D eigenvalue weighted by atomic mass is 16.1. The summed E-state index contributed by atoms with van der Waals surface area (Å²) in [6.07, 6.45) is 3.89. The average Bonchev–Trinajstić information content (AvgIpc) is 3.11. The molecule has 0 aromatic carbocycles. The third kappa shape index (κ3) is 2.36. The number of hydrogen-bond donors (Lipinski definition) is 2. The van der Waals surface area contributed by atoms with Gasteiger partial charge in [-0.15, -0.1) is 5.10 Å². The number of aromatic amines is 1. The first-order chi connectivity index (χ1) is 11.1. The molecule has 1 amide bonds. The second-order valence-electron chi connectivity index (χ2n) is 5.98. The predicted octanol–water partition coefficient (Wildman–Crippen LogP) is 1.14. The summed E-state index contributed by atoms with van der Waals surface area (Å²) < 4.78 is 1.76. The van der Waals surface area contributed by atoms with E-state index in [1.807, 2.05) is 20.0 Å². The number of pyridine rings is 1. The van der Waals surface area contributed by atoms with Gasteiger partial charge in [0.25, 0.3) is 0 Å². The van der Waals surface area contributed by atoms with E-state index in [9.17, 15) is 4.79 Å². The number of anilines is 1. The Balaban J connectivity index is 1.53. The molecule has 0 saturated heterocycles. The van der Waals surface area contributed by atoms with Crippen molar-refractivity contribution in [3.05, 3.63) is 29.3 Å². The molecule has 1 unspecified atom stereocenters. The van der Waals surface area contributed by atoms with E-state index in [4.69, 9.17) is 0 Å². The van der Waals surface area contributed by atoms with Crippen LogP contribution in [-0.4, -0.2) is 36.1 Å². The van der Waals surface area contributed by atoms with Crippen LogP contribution in [0.2, 0.25) is 0 Å². The van der Waals surface area contributed by atoms with Gasteiger partial charge in [0.1, 0.15) is 0 Å². The highest BCUT2D eigenvalue weighted by Gasteiger charge is 2.28. The minimum atomic E-state index is -0.0687. The predicted molar refractivity (Wildman–Crippen MR) is 83.8 cm³/mol. The Morgan fingerprint density at radius 2 is 2.35 bits per heavy atom. The lowest BCUT2D eigenvalue weighted by molar-refractivity contribution is -0.120. The molecule has 0 spiro atoms. The molecule has 118 valence electrons. The van der Waals surface area contributed by atoms with Gasteiger partial charge in [0.15, 0.2) is 5.65 Å². The Morgan fingerprint density at radius 1 is 1.48 bits per heavy atom. The molecule has 0 bridgehead atoms. The minimum Gasteiger partial charge on any atom is -0.324 e. The Morgan fingerprint density at radius 3 is 3.22 bits per heavy atom. The number of amides is 1. The normalized spacial score (nSPS) is 17.2. The highest BCUT2D eigenvalue weighted by molar-refractivity contribution is 5.94. The molecule has 4 rings (SSSR count). The van der Waals surface area contributed by atoms with Gasteiger partial charge >= 0.3 is 0 Å². The summed E-state index contributed by atoms with van der Waals surface area (Å²) in [4.78, 5) is 16.8. The van der Waals surface area contributed by atoms with Crippen molar-refractivity contribution < 1.29 is 4.79 Å². The lowest BCUT2D eigenvalue weighted by Gasteiger charge is -2.21. The smallest absolute Gasteiger partial charge is 0.227 e. The summed E-state index contributed by atoms with van der Waals surface area (Å²) in [7, 11) is 1.87. The van der Waals surface area contributed by atoms with Gasteiger partial charge in [0.05, 0.1) is 23.3 Å². The fourth-order valence-electron chi connectivity index (χ4n) is 3.07. The second-order valence-corrected chi connectivity index (χ2v) is 5.98. The van der Waals surface area contributed by atoms with Crippen LogP contribution in [0.25, 0.3) is 11.0 Å². The van der Waals surface area contributed by atoms with E-state index in [2.05, 4.69) is 30.8 Å². The molecule has 1 atom stereocenters. The van der Waals surface area contributed by atoms with E-state index >= 15 is 0 Å². The van der Waals surface area contributed by atoms with E-state index in [1.54, 1.807) is 10.9 Å². The summed E-state index contributed by atoms with van der Waals surface area (Å²) in [5.74, 6) is -0.0556. The monoisotopic (exact) mass is 311 g/mol. The number of carbonyl (C=O) groups is 1. The highest BCUT2D eigenvalue weighted by Crippen LogP contribution is 2.25. The number of aromatic nitrogens is 6. The van der Waals surface area contributed by atoms with E-state index in [-0.39, 0.29) is 11.8 Å². The van der Waals surface area contributed by atoms with Gasteiger partial charge in [-0.2, -0.15) is 5.10 Å². The van der Waals surface area contributed by atoms with E-state index in [1.165, 1.54) is 0 Å². The number of nitrogens with zero attached hydrogens (tertiary/aromatic N) is 5. The molecule has 1 aliphatic rings. The number of H-pyrrole nitrogens is 1. The minimum absolute atomic E-state index is 0.0131. The van der Waals surface area contributed by atoms with Crippen LogP contribution >= 0.6 is 0 Å². The van der Waals surface area contributed by atoms with Gasteiger partial charge in [-0.25, -0.2) is 4.98 Å². The summed E-state index contributed by atoms with van der Waals surface area (Å²) in [6, 6.07) is 1.90. The average molecular weight is 311 g/mol. The first kappa shape index (κ1) is 13.9. The van der Waals surface area contributed by atoms with Crippen molar-refractivity contribution in [1.82, 2.24) is 30.2 Å². The first-order valence-corrected chi connectivity index (χ1v) is 7.61. The maximum absolute atomic E-state index is 12.6. The van der Waals surface area contributed by atoms with Gasteiger partial charge < -0.3 is 5.32 Å². The molecular weight excluding hydrogens is 294 g/mol. The van der Waals surface area contributed by atoms with Crippen LogP contribution < -0.4 is 5.32 Å². The molecule has 23 heavy (non-hydrogen) atoms. The van der Waals surface area contributed by atoms with E-state index < -0.39 is 0 Å². The fraction of sp³-hybridized carbons (Fsp3) is 0.400. The molecular formula is C15H17N7O. The van der Waals surface area contributed by atoms with Crippen LogP contribution in [0, 0.1) is 12.8 Å². The summed E-state index contributed by atoms with van der Waals surface area (Å²) in [5, 5.41) is 19.0. The molecule has 8 nitrogen and oxygen atoms in total. The van der Waals surface area contributed by atoms with Gasteiger partial charge in [-0.05, 0) is 25.8 Å². The maximum atomic E-state index is 12.6. The Hall–Kier alpha value is -2.77. The molecule has 0 aliphatic heterocycles. The van der Waals surface area contributed by atoms with Crippen molar-refractivity contribution in [1.29, 1.82) is 0 Å². The molecule has 3 aromatic rings. The van der Waals surface area contributed by atoms with Crippen molar-refractivity contribution in [3.63, 3.8) is 0 Å². The van der Waals surface area contributed by atoms with Gasteiger partial charge in [0.2, 0.25) is 5.91 Å². The lowest BCUT2D eigenvalue weighted by atomic mass is 9.89. The lowest BCUT2D eigenvalue weighted by Crippen LogP contribution is -2.29. The van der Waals surface area contributed by atoms with Crippen LogP contribution in [0.15, 0.2) is 12.3 Å². The number of carbonyl (C=O) groups excluding carboxylic acids is 1. The van der Waals surface area contributed by atoms with Crippen molar-refractivity contribution in [3.8, 4) is 0 Å². The van der Waals surface area contributed by atoms with Crippen LogP contribution in [-0.2, 0) is 24.7 Å². The third-order valence-corrected chi connectivity index (χ3v) is 4.43.